The first-order valence-corrected chi connectivity index (χ1v) is 6.47. The normalized spacial score (nSPS) is 29.9. The molecule has 1 atom stereocenters. The van der Waals surface area contributed by atoms with Crippen molar-refractivity contribution in [3.05, 3.63) is 0 Å². The monoisotopic (exact) mass is 214 g/mol. The number of rotatable bonds is 2. The van der Waals surface area contributed by atoms with Crippen molar-refractivity contribution in [3.8, 4) is 0 Å². The molecule has 4 heteroatoms. The number of carbonyl (C=O) groups excluding carboxylic acids is 1. The van der Waals surface area contributed by atoms with Crippen LogP contribution in [-0.4, -0.2) is 40.9 Å². The molecule has 1 unspecified atom stereocenters. The van der Waals surface area contributed by atoms with Crippen molar-refractivity contribution in [2.45, 2.75) is 37.0 Å². The van der Waals surface area contributed by atoms with Gasteiger partial charge in [-0.3, -0.25) is 4.79 Å². The molecule has 3 nitrogen and oxygen atoms in total. The summed E-state index contributed by atoms with van der Waals surface area (Å²) in [5.41, 5.74) is 5.65. The Bertz CT molecular complexity index is 216. The summed E-state index contributed by atoms with van der Waals surface area (Å²) in [6, 6.07) is 0.525. The third-order valence-corrected chi connectivity index (χ3v) is 4.42. The second kappa shape index (κ2) is 4.53. The van der Waals surface area contributed by atoms with Crippen molar-refractivity contribution < 1.29 is 4.79 Å². The minimum atomic E-state index is 0.326. The van der Waals surface area contributed by atoms with Crippen molar-refractivity contribution in [2.75, 3.05) is 18.8 Å². The van der Waals surface area contributed by atoms with Crippen LogP contribution in [0, 0.1) is 0 Å². The van der Waals surface area contributed by atoms with Crippen molar-refractivity contribution in [1.29, 1.82) is 0 Å². The maximum atomic E-state index is 11.7. The Kier molecular flexibility index (Phi) is 3.34. The maximum Gasteiger partial charge on any atom is 0.232 e. The molecule has 2 aliphatic rings. The zero-order valence-electron chi connectivity index (χ0n) is 8.45. The first-order valence-electron chi connectivity index (χ1n) is 5.42. The average Bonchev–Trinajstić information content (AvgIpc) is 2.71. The lowest BCUT2D eigenvalue weighted by molar-refractivity contribution is -0.131. The summed E-state index contributed by atoms with van der Waals surface area (Å²) < 4.78 is 0. The van der Waals surface area contributed by atoms with E-state index in [2.05, 4.69) is 4.90 Å². The molecule has 0 bridgehead atoms. The maximum absolute atomic E-state index is 11.7. The molecule has 1 aliphatic heterocycles. The van der Waals surface area contributed by atoms with Gasteiger partial charge in [-0.1, -0.05) is 12.8 Å². The van der Waals surface area contributed by atoms with Gasteiger partial charge >= 0.3 is 0 Å². The largest absolute Gasteiger partial charge is 0.338 e. The fourth-order valence-electron chi connectivity index (χ4n) is 2.36. The van der Waals surface area contributed by atoms with Gasteiger partial charge in [-0.15, -0.1) is 11.8 Å². The summed E-state index contributed by atoms with van der Waals surface area (Å²) in [6.45, 7) is 1.58. The number of amides is 1. The Balaban J connectivity index is 1.96. The van der Waals surface area contributed by atoms with E-state index in [0.717, 1.165) is 6.54 Å². The summed E-state index contributed by atoms with van der Waals surface area (Å²) in [4.78, 5) is 13.8. The van der Waals surface area contributed by atoms with Gasteiger partial charge in [0.05, 0.1) is 5.75 Å². The van der Waals surface area contributed by atoms with Crippen LogP contribution in [0.4, 0.5) is 0 Å². The molecule has 80 valence electrons. The fourth-order valence-corrected chi connectivity index (χ4v) is 3.30. The van der Waals surface area contributed by atoms with Gasteiger partial charge < -0.3 is 10.6 Å². The number of hydrogen-bond acceptors (Lipinski definition) is 3. The molecule has 0 radical (unpaired) electrons. The molecule has 0 spiro atoms. The van der Waals surface area contributed by atoms with Gasteiger partial charge in [-0.2, -0.15) is 0 Å². The molecule has 0 aromatic carbocycles. The molecule has 1 saturated heterocycles. The van der Waals surface area contributed by atoms with Crippen LogP contribution in [0.25, 0.3) is 0 Å². The zero-order valence-corrected chi connectivity index (χ0v) is 9.26. The Hall–Kier alpha value is -0.220. The lowest BCUT2D eigenvalue weighted by Crippen LogP contribution is -2.49. The highest BCUT2D eigenvalue weighted by atomic mass is 32.2. The van der Waals surface area contributed by atoms with E-state index < -0.39 is 0 Å². The van der Waals surface area contributed by atoms with E-state index in [4.69, 9.17) is 5.73 Å². The summed E-state index contributed by atoms with van der Waals surface area (Å²) in [6.07, 6.45) is 4.98. The average molecular weight is 214 g/mol. The number of thioether (sulfide) groups is 1. The quantitative estimate of drug-likeness (QED) is 0.740. The number of carbonyl (C=O) groups is 1. The molecule has 14 heavy (non-hydrogen) atoms. The highest BCUT2D eigenvalue weighted by Crippen LogP contribution is 2.28. The van der Waals surface area contributed by atoms with Gasteiger partial charge in [0.1, 0.15) is 0 Å². The van der Waals surface area contributed by atoms with Gasteiger partial charge in [-0.05, 0) is 12.8 Å². The Morgan fingerprint density at radius 2 is 2.14 bits per heavy atom. The second-order valence-electron chi connectivity index (χ2n) is 4.15. The smallest absolute Gasteiger partial charge is 0.232 e. The van der Waals surface area contributed by atoms with Gasteiger partial charge in [-0.25, -0.2) is 0 Å². The molecule has 1 saturated carbocycles. The van der Waals surface area contributed by atoms with Crippen LogP contribution in [0.3, 0.4) is 0 Å². The molecular formula is C10H18N2OS. The summed E-state index contributed by atoms with van der Waals surface area (Å²) in [5.74, 6) is 0.963. The lowest BCUT2D eigenvalue weighted by Gasteiger charge is -2.36. The van der Waals surface area contributed by atoms with E-state index in [1.54, 1.807) is 11.8 Å². The lowest BCUT2D eigenvalue weighted by atomic mass is 10.2. The molecule has 0 aromatic heterocycles. The summed E-state index contributed by atoms with van der Waals surface area (Å²) >= 11 is 1.72. The Labute approximate surface area is 89.4 Å². The third kappa shape index (κ3) is 2.06. The first kappa shape index (κ1) is 10.3. The summed E-state index contributed by atoms with van der Waals surface area (Å²) in [7, 11) is 0. The topological polar surface area (TPSA) is 46.3 Å². The molecular weight excluding hydrogens is 196 g/mol. The summed E-state index contributed by atoms with van der Waals surface area (Å²) in [5, 5.41) is 0.466. The molecule has 2 rings (SSSR count). The zero-order chi connectivity index (χ0) is 9.97. The van der Waals surface area contributed by atoms with E-state index in [0.29, 0.717) is 29.5 Å². The van der Waals surface area contributed by atoms with Crippen molar-refractivity contribution in [1.82, 2.24) is 4.90 Å². The number of nitrogens with two attached hydrogens (primary N) is 1. The predicted octanol–water partition coefficient (Wildman–Crippen LogP) is 0.832. The molecule has 0 aromatic rings. The van der Waals surface area contributed by atoms with Gasteiger partial charge in [0.15, 0.2) is 0 Å². The predicted molar refractivity (Wildman–Crippen MR) is 59.3 cm³/mol. The highest BCUT2D eigenvalue weighted by Gasteiger charge is 2.31. The SMILES string of the molecule is NCC1CN(C2CCCC2)C(=O)CS1. The molecule has 2 N–H and O–H groups in total. The number of hydrogen-bond donors (Lipinski definition) is 1. The van der Waals surface area contributed by atoms with Crippen molar-refractivity contribution in [3.63, 3.8) is 0 Å². The van der Waals surface area contributed by atoms with Crippen molar-refractivity contribution >= 4 is 17.7 Å². The van der Waals surface area contributed by atoms with Crippen LogP contribution in [0.2, 0.25) is 0 Å². The Morgan fingerprint density at radius 1 is 1.43 bits per heavy atom. The Morgan fingerprint density at radius 3 is 2.79 bits per heavy atom. The van der Waals surface area contributed by atoms with E-state index in [1.165, 1.54) is 25.7 Å². The standard InChI is InChI=1S/C10H18N2OS/c11-5-9-6-12(10(13)7-14-9)8-3-1-2-4-8/h8-9H,1-7,11H2. The van der Waals surface area contributed by atoms with Crippen LogP contribution in [0.15, 0.2) is 0 Å². The van der Waals surface area contributed by atoms with Crippen LogP contribution in [-0.2, 0) is 4.79 Å². The highest BCUT2D eigenvalue weighted by molar-refractivity contribution is 8.00. The fraction of sp³-hybridized carbons (Fsp3) is 0.900. The van der Waals surface area contributed by atoms with E-state index >= 15 is 0 Å². The first-order chi connectivity index (χ1) is 6.81. The van der Waals surface area contributed by atoms with E-state index in [1.807, 2.05) is 0 Å². The minimum Gasteiger partial charge on any atom is -0.338 e. The number of nitrogens with zero attached hydrogens (tertiary/aromatic N) is 1. The third-order valence-electron chi connectivity index (χ3n) is 3.19. The van der Waals surface area contributed by atoms with Gasteiger partial charge in [0.2, 0.25) is 5.91 Å². The molecule has 1 heterocycles. The molecule has 1 aliphatic carbocycles. The van der Waals surface area contributed by atoms with E-state index in [-0.39, 0.29) is 0 Å². The second-order valence-corrected chi connectivity index (χ2v) is 5.44. The minimum absolute atomic E-state index is 0.326. The molecule has 1 amide bonds. The van der Waals surface area contributed by atoms with Gasteiger partial charge in [0, 0.05) is 24.4 Å². The molecule has 2 fully saturated rings. The van der Waals surface area contributed by atoms with Crippen LogP contribution >= 0.6 is 11.8 Å². The van der Waals surface area contributed by atoms with Crippen LogP contribution in [0.1, 0.15) is 25.7 Å². The van der Waals surface area contributed by atoms with E-state index in [9.17, 15) is 4.79 Å². The van der Waals surface area contributed by atoms with Crippen molar-refractivity contribution in [2.24, 2.45) is 5.73 Å². The van der Waals surface area contributed by atoms with Crippen LogP contribution in [0.5, 0.6) is 0 Å². The van der Waals surface area contributed by atoms with Gasteiger partial charge in [0.25, 0.3) is 0 Å². The van der Waals surface area contributed by atoms with Crippen LogP contribution < -0.4 is 5.73 Å².